The summed E-state index contributed by atoms with van der Waals surface area (Å²) < 4.78 is 29.7. The second kappa shape index (κ2) is 6.78. The zero-order chi connectivity index (χ0) is 16.3. The van der Waals surface area contributed by atoms with E-state index in [2.05, 4.69) is 5.16 Å². The van der Waals surface area contributed by atoms with Crippen LogP contribution in [0.25, 0.3) is 0 Å². The Morgan fingerprint density at radius 1 is 1.23 bits per heavy atom. The molecule has 0 aromatic carbocycles. The third kappa shape index (κ3) is 4.07. The quantitative estimate of drug-likeness (QED) is 0.812. The van der Waals surface area contributed by atoms with Crippen LogP contribution in [0.5, 0.6) is 0 Å². The van der Waals surface area contributed by atoms with Gasteiger partial charge in [0, 0.05) is 38.2 Å². The Hall–Kier alpha value is -1.41. The molecule has 1 fully saturated rings. The molecule has 8 heteroatoms. The fourth-order valence-electron chi connectivity index (χ4n) is 2.72. The van der Waals surface area contributed by atoms with E-state index in [1.165, 1.54) is 10.6 Å². The van der Waals surface area contributed by atoms with Crippen molar-refractivity contribution in [1.29, 1.82) is 0 Å². The number of carbonyl (C=O) groups excluding carboxylic acids is 1. The maximum atomic E-state index is 12.3. The second-order valence-corrected chi connectivity index (χ2v) is 7.68. The number of sulfonamides is 1. The molecule has 1 aromatic rings. The van der Waals surface area contributed by atoms with Crippen molar-refractivity contribution >= 4 is 15.9 Å². The monoisotopic (exact) mass is 329 g/mol. The Labute approximate surface area is 131 Å². The number of hydrogen-bond acceptors (Lipinski definition) is 5. The van der Waals surface area contributed by atoms with Gasteiger partial charge in [0.2, 0.25) is 15.9 Å². The molecule has 1 aliphatic heterocycles. The molecule has 7 nitrogen and oxygen atoms in total. The Morgan fingerprint density at radius 2 is 1.95 bits per heavy atom. The minimum absolute atomic E-state index is 0.0513. The molecule has 0 N–H and O–H groups in total. The maximum Gasteiger partial charge on any atom is 0.222 e. The maximum absolute atomic E-state index is 12.3. The summed E-state index contributed by atoms with van der Waals surface area (Å²) in [6.45, 7) is 5.62. The van der Waals surface area contributed by atoms with Gasteiger partial charge >= 0.3 is 0 Å². The molecule has 0 bridgehead atoms. The molecule has 0 spiro atoms. The minimum atomic E-state index is -3.18. The molecular formula is C14H23N3O4S. The third-order valence-electron chi connectivity index (χ3n) is 4.05. The highest BCUT2D eigenvalue weighted by Crippen LogP contribution is 2.15. The first-order chi connectivity index (χ1) is 10.3. The molecule has 1 aromatic heterocycles. The van der Waals surface area contributed by atoms with Crippen molar-refractivity contribution < 1.29 is 17.7 Å². The molecule has 0 saturated carbocycles. The Morgan fingerprint density at radius 3 is 2.55 bits per heavy atom. The van der Waals surface area contributed by atoms with Crippen LogP contribution in [-0.4, -0.2) is 61.1 Å². The van der Waals surface area contributed by atoms with Crippen LogP contribution in [0.3, 0.4) is 0 Å². The molecule has 22 heavy (non-hydrogen) atoms. The van der Waals surface area contributed by atoms with Crippen molar-refractivity contribution in [2.75, 3.05) is 32.4 Å². The molecule has 2 rings (SSSR count). The lowest BCUT2D eigenvalue weighted by atomic mass is 10.1. The Kier molecular flexibility index (Phi) is 5.23. The number of hydrogen-bond donors (Lipinski definition) is 0. The molecule has 1 aliphatic rings. The Bertz CT molecular complexity index is 619. The zero-order valence-corrected chi connectivity index (χ0v) is 14.1. The lowest BCUT2D eigenvalue weighted by Gasteiger charge is -2.21. The van der Waals surface area contributed by atoms with E-state index in [1.54, 1.807) is 4.90 Å². The predicted molar refractivity (Wildman–Crippen MR) is 81.9 cm³/mol. The van der Waals surface area contributed by atoms with Crippen LogP contribution in [0.4, 0.5) is 0 Å². The van der Waals surface area contributed by atoms with E-state index in [0.717, 1.165) is 17.0 Å². The number of rotatable bonds is 4. The van der Waals surface area contributed by atoms with Crippen molar-refractivity contribution in [2.24, 2.45) is 0 Å². The highest BCUT2D eigenvalue weighted by Gasteiger charge is 2.24. The first kappa shape index (κ1) is 17.0. The van der Waals surface area contributed by atoms with Crippen LogP contribution in [-0.2, 0) is 21.2 Å². The number of amides is 1. The van der Waals surface area contributed by atoms with E-state index in [1.807, 2.05) is 13.8 Å². The minimum Gasteiger partial charge on any atom is -0.361 e. The fourth-order valence-corrected chi connectivity index (χ4v) is 3.60. The van der Waals surface area contributed by atoms with Crippen LogP contribution >= 0.6 is 0 Å². The van der Waals surface area contributed by atoms with Gasteiger partial charge < -0.3 is 9.42 Å². The lowest BCUT2D eigenvalue weighted by molar-refractivity contribution is -0.131. The average molecular weight is 329 g/mol. The summed E-state index contributed by atoms with van der Waals surface area (Å²) in [6.07, 6.45) is 2.88. The van der Waals surface area contributed by atoms with Crippen molar-refractivity contribution in [3.05, 3.63) is 17.0 Å². The van der Waals surface area contributed by atoms with Crippen LogP contribution in [0, 0.1) is 13.8 Å². The number of aryl methyl sites for hydroxylation is 2. The molecule has 0 radical (unpaired) electrons. The van der Waals surface area contributed by atoms with Gasteiger partial charge in [-0.05, 0) is 26.7 Å². The number of carbonyl (C=O) groups is 1. The first-order valence-corrected chi connectivity index (χ1v) is 9.28. The van der Waals surface area contributed by atoms with E-state index < -0.39 is 10.0 Å². The third-order valence-corrected chi connectivity index (χ3v) is 5.35. The van der Waals surface area contributed by atoms with Gasteiger partial charge in [0.15, 0.2) is 0 Å². The van der Waals surface area contributed by atoms with E-state index in [-0.39, 0.29) is 5.91 Å². The highest BCUT2D eigenvalue weighted by atomic mass is 32.2. The van der Waals surface area contributed by atoms with Crippen LogP contribution in [0.1, 0.15) is 29.9 Å². The molecular weight excluding hydrogens is 306 g/mol. The van der Waals surface area contributed by atoms with Gasteiger partial charge in [-0.25, -0.2) is 12.7 Å². The van der Waals surface area contributed by atoms with Crippen molar-refractivity contribution in [3.8, 4) is 0 Å². The summed E-state index contributed by atoms with van der Waals surface area (Å²) >= 11 is 0. The van der Waals surface area contributed by atoms with Crippen molar-refractivity contribution in [3.63, 3.8) is 0 Å². The molecule has 124 valence electrons. The Balaban J connectivity index is 1.91. The highest BCUT2D eigenvalue weighted by molar-refractivity contribution is 7.88. The second-order valence-electron chi connectivity index (χ2n) is 5.70. The largest absolute Gasteiger partial charge is 0.361 e. The van der Waals surface area contributed by atoms with Crippen molar-refractivity contribution in [1.82, 2.24) is 14.4 Å². The molecule has 0 aliphatic carbocycles. The van der Waals surface area contributed by atoms with E-state index in [9.17, 15) is 13.2 Å². The van der Waals surface area contributed by atoms with Gasteiger partial charge in [0.25, 0.3) is 0 Å². The van der Waals surface area contributed by atoms with Gasteiger partial charge in [0.1, 0.15) is 5.76 Å². The van der Waals surface area contributed by atoms with Gasteiger partial charge in [-0.3, -0.25) is 4.79 Å². The summed E-state index contributed by atoms with van der Waals surface area (Å²) in [6, 6.07) is 0. The van der Waals surface area contributed by atoms with Gasteiger partial charge in [0.05, 0.1) is 11.9 Å². The lowest BCUT2D eigenvalue weighted by Crippen LogP contribution is -2.37. The van der Waals surface area contributed by atoms with E-state index in [0.29, 0.717) is 45.4 Å². The van der Waals surface area contributed by atoms with Crippen LogP contribution < -0.4 is 0 Å². The van der Waals surface area contributed by atoms with Crippen molar-refractivity contribution in [2.45, 2.75) is 33.1 Å². The van der Waals surface area contributed by atoms with Gasteiger partial charge in [-0.2, -0.15) is 0 Å². The topological polar surface area (TPSA) is 83.7 Å². The van der Waals surface area contributed by atoms with Crippen LogP contribution in [0.15, 0.2) is 4.52 Å². The van der Waals surface area contributed by atoms with Gasteiger partial charge in [-0.15, -0.1) is 0 Å². The standard InChI is InChI=1S/C14H23N3O4S/c1-11-13(12(2)21-15-11)5-6-14(18)16-7-4-8-17(10-9-16)22(3,19)20/h4-10H2,1-3H3. The SMILES string of the molecule is Cc1noc(C)c1CCC(=O)N1CCCN(S(C)(=O)=O)CC1. The normalized spacial score (nSPS) is 17.5. The summed E-state index contributed by atoms with van der Waals surface area (Å²) in [5.41, 5.74) is 1.81. The molecule has 1 saturated heterocycles. The summed E-state index contributed by atoms with van der Waals surface area (Å²) in [7, 11) is -3.18. The van der Waals surface area contributed by atoms with E-state index >= 15 is 0 Å². The average Bonchev–Trinajstić information content (AvgIpc) is 2.67. The summed E-state index contributed by atoms with van der Waals surface area (Å²) in [4.78, 5) is 14.1. The van der Waals surface area contributed by atoms with Gasteiger partial charge in [-0.1, -0.05) is 5.16 Å². The fraction of sp³-hybridized carbons (Fsp3) is 0.714. The number of nitrogens with zero attached hydrogens (tertiary/aromatic N) is 3. The summed E-state index contributed by atoms with van der Waals surface area (Å²) in [5.74, 6) is 0.805. The molecule has 0 unspecified atom stereocenters. The number of aromatic nitrogens is 1. The van der Waals surface area contributed by atoms with Crippen LogP contribution in [0.2, 0.25) is 0 Å². The predicted octanol–water partition coefficient (Wildman–Crippen LogP) is 0.718. The molecule has 0 atom stereocenters. The molecule has 2 heterocycles. The zero-order valence-electron chi connectivity index (χ0n) is 13.3. The smallest absolute Gasteiger partial charge is 0.222 e. The summed E-state index contributed by atoms with van der Waals surface area (Å²) in [5, 5.41) is 3.89. The van der Waals surface area contributed by atoms with E-state index in [4.69, 9.17) is 4.52 Å². The molecule has 1 amide bonds. The first-order valence-electron chi connectivity index (χ1n) is 7.43.